The third kappa shape index (κ3) is 8.44. The number of anilines is 1. The fraction of sp³-hybridized carbons (Fsp3) is 0.152. The van der Waals surface area contributed by atoms with Crippen molar-refractivity contribution in [2.24, 2.45) is 5.16 Å². The zero-order chi connectivity index (χ0) is 43.2. The van der Waals surface area contributed by atoms with Crippen LogP contribution in [0.4, 0.5) is 13.9 Å². The lowest BCUT2D eigenvalue weighted by molar-refractivity contribution is -0.154. The van der Waals surface area contributed by atoms with Gasteiger partial charge in [0.1, 0.15) is 22.7 Å². The average Bonchev–Trinajstić information content (AvgIpc) is 3.77. The van der Waals surface area contributed by atoms with Gasteiger partial charge in [0.25, 0.3) is 11.8 Å². The van der Waals surface area contributed by atoms with Crippen molar-refractivity contribution in [3.05, 3.63) is 202 Å². The van der Waals surface area contributed by atoms with Crippen molar-refractivity contribution in [2.75, 3.05) is 16.9 Å². The summed E-state index contributed by atoms with van der Waals surface area (Å²) in [5.41, 5.74) is 2.13. The van der Waals surface area contributed by atoms with Gasteiger partial charge >= 0.3 is 12.6 Å². The molecular formula is C46H36ClF2N5O6S2. The van der Waals surface area contributed by atoms with Crippen molar-refractivity contribution in [3.63, 3.8) is 0 Å². The minimum atomic E-state index is -3.40. The summed E-state index contributed by atoms with van der Waals surface area (Å²) >= 11 is 5.50. The number of rotatable bonds is 15. The van der Waals surface area contributed by atoms with E-state index in [2.05, 4.69) is 25.6 Å². The molecule has 16 heteroatoms. The van der Waals surface area contributed by atoms with Crippen LogP contribution in [0.1, 0.15) is 39.6 Å². The van der Waals surface area contributed by atoms with Gasteiger partial charge in [0, 0.05) is 11.0 Å². The van der Waals surface area contributed by atoms with E-state index in [0.29, 0.717) is 16.3 Å². The van der Waals surface area contributed by atoms with E-state index in [1.165, 1.54) is 5.38 Å². The summed E-state index contributed by atoms with van der Waals surface area (Å²) in [5, 5.41) is 10.0. The Bertz CT molecular complexity index is 2460. The minimum absolute atomic E-state index is 0.145. The van der Waals surface area contributed by atoms with Crippen molar-refractivity contribution in [1.82, 2.24) is 15.2 Å². The predicted molar refractivity (Wildman–Crippen MR) is 233 cm³/mol. The number of aromatic nitrogens is 1. The van der Waals surface area contributed by atoms with E-state index in [4.69, 9.17) is 16.3 Å². The number of nitrogens with one attached hydrogen (secondary N) is 2. The molecule has 62 heavy (non-hydrogen) atoms. The Morgan fingerprint density at radius 1 is 0.855 bits per heavy atom. The van der Waals surface area contributed by atoms with Crippen LogP contribution in [0.2, 0.25) is 0 Å². The number of carbonyl (C=O) groups is 3. The van der Waals surface area contributed by atoms with Crippen molar-refractivity contribution >= 4 is 62.7 Å². The zero-order valence-corrected chi connectivity index (χ0v) is 34.9. The summed E-state index contributed by atoms with van der Waals surface area (Å²) in [4.78, 5) is 52.0. The number of amides is 2. The molecular weight excluding hydrogens is 856 g/mol. The molecule has 6 aromatic rings. The molecule has 0 radical (unpaired) electrons. The number of β-lactam (4-membered cyclic amide) rings is 1. The van der Waals surface area contributed by atoms with E-state index in [-0.39, 0.29) is 28.6 Å². The Labute approximate surface area is 367 Å². The standard InChI is InChI=1S/C46H36ClF2N5O6S2/c47-26-31-28-62(58)42-37(41(56)54(42)38(31)43(57)59-39(29-16-6-1-7-17-29)30-18-8-2-9-19-30)51-40(55)36(53-60-44(48)49)35-27-61-45(50-35)52-46(32-20-10-3-11-21-32,33-22-12-4-13-23-33)34-24-14-5-15-25-34/h1-25,27,37,39,42,44H,26,28H2,(H,50,52)(H,51,55)/b53-36+/t37?,42-,62?/m1/s1. The summed E-state index contributed by atoms with van der Waals surface area (Å²) in [6.45, 7) is -3.40. The molecule has 2 aliphatic heterocycles. The van der Waals surface area contributed by atoms with E-state index in [9.17, 15) is 27.7 Å². The molecule has 5 aromatic carbocycles. The van der Waals surface area contributed by atoms with Gasteiger partial charge in [0.2, 0.25) is 5.37 Å². The van der Waals surface area contributed by atoms with Gasteiger partial charge in [-0.15, -0.1) is 22.9 Å². The molecule has 8 rings (SSSR count). The maximum absolute atomic E-state index is 14.1. The highest BCUT2D eigenvalue weighted by Gasteiger charge is 2.61. The van der Waals surface area contributed by atoms with Crippen LogP contribution < -0.4 is 10.6 Å². The van der Waals surface area contributed by atoms with Crippen molar-refractivity contribution in [1.29, 1.82) is 0 Å². The summed E-state index contributed by atoms with van der Waals surface area (Å²) in [6.07, 6.45) is -0.865. The van der Waals surface area contributed by atoms with Gasteiger partial charge in [-0.1, -0.05) is 157 Å². The second-order valence-electron chi connectivity index (χ2n) is 14.1. The number of thiazole rings is 1. The molecule has 2 N–H and O–H groups in total. The zero-order valence-electron chi connectivity index (χ0n) is 32.5. The number of fused-ring (bicyclic) bond motifs is 1. The SMILES string of the molecule is O=C(OC(c1ccccc1)c1ccccc1)C1=C(CCl)C[S+]([O-])[C@@H]2C(NC(=O)/C(=N/OC(F)F)c3csc(NC(c4ccccc4)(c4ccccc4)c4ccccc4)n3)C(=O)N12. The van der Waals surface area contributed by atoms with Gasteiger partial charge in [-0.05, 0) is 39.0 Å². The number of carbonyl (C=O) groups excluding carboxylic acids is 3. The highest BCUT2D eigenvalue weighted by Crippen LogP contribution is 2.42. The molecule has 3 atom stereocenters. The summed E-state index contributed by atoms with van der Waals surface area (Å²) in [6, 6.07) is 45.6. The smallest absolute Gasteiger partial charge is 0.407 e. The number of oxime groups is 1. The van der Waals surface area contributed by atoms with Crippen LogP contribution in [-0.2, 0) is 40.7 Å². The second kappa shape index (κ2) is 18.7. The molecule has 0 aliphatic carbocycles. The van der Waals surface area contributed by atoms with E-state index >= 15 is 0 Å². The lowest BCUT2D eigenvalue weighted by Crippen LogP contribution is -2.75. The molecule has 2 aliphatic rings. The van der Waals surface area contributed by atoms with Gasteiger partial charge in [-0.25, -0.2) is 9.78 Å². The van der Waals surface area contributed by atoms with Crippen molar-refractivity contribution < 1.29 is 37.3 Å². The van der Waals surface area contributed by atoms with Crippen LogP contribution in [0.25, 0.3) is 0 Å². The third-order valence-corrected chi connectivity index (χ3v) is 13.1. The fourth-order valence-electron chi connectivity index (χ4n) is 7.58. The molecule has 3 heterocycles. The number of hydrogen-bond acceptors (Lipinski definition) is 10. The first kappa shape index (κ1) is 42.3. The van der Waals surface area contributed by atoms with Gasteiger partial charge < -0.3 is 24.8 Å². The monoisotopic (exact) mass is 891 g/mol. The number of hydrogen-bond donors (Lipinski definition) is 2. The van der Waals surface area contributed by atoms with Crippen LogP contribution >= 0.6 is 22.9 Å². The topological polar surface area (TPSA) is 145 Å². The highest BCUT2D eigenvalue weighted by molar-refractivity contribution is 7.92. The number of benzene rings is 5. The number of nitrogens with zero attached hydrogens (tertiary/aromatic N) is 3. The van der Waals surface area contributed by atoms with Crippen LogP contribution in [0, 0.1) is 0 Å². The second-order valence-corrected chi connectivity index (χ2v) is 16.7. The Morgan fingerprint density at radius 2 is 1.35 bits per heavy atom. The van der Waals surface area contributed by atoms with Gasteiger partial charge in [0.15, 0.2) is 23.0 Å². The highest BCUT2D eigenvalue weighted by atomic mass is 35.5. The molecule has 11 nitrogen and oxygen atoms in total. The minimum Gasteiger partial charge on any atom is -0.614 e. The van der Waals surface area contributed by atoms with E-state index in [0.717, 1.165) is 32.9 Å². The van der Waals surface area contributed by atoms with Gasteiger partial charge in [0.05, 0.1) is 5.88 Å². The molecule has 1 aromatic heterocycles. The Balaban J connectivity index is 1.07. The first-order chi connectivity index (χ1) is 30.2. The first-order valence-electron chi connectivity index (χ1n) is 19.2. The van der Waals surface area contributed by atoms with Crippen LogP contribution in [0.3, 0.4) is 0 Å². The molecule has 0 saturated carbocycles. The number of alkyl halides is 3. The number of esters is 1. The van der Waals surface area contributed by atoms with Crippen LogP contribution in [-0.4, -0.2) is 67.6 Å². The average molecular weight is 892 g/mol. The molecule has 2 amide bonds. The van der Waals surface area contributed by atoms with Crippen LogP contribution in [0.15, 0.2) is 173 Å². The maximum Gasteiger partial charge on any atom is 0.407 e. The fourth-order valence-corrected chi connectivity index (χ4v) is 10.3. The summed E-state index contributed by atoms with van der Waals surface area (Å²) in [7, 11) is 0. The van der Waals surface area contributed by atoms with E-state index < -0.39 is 64.3 Å². The van der Waals surface area contributed by atoms with E-state index in [1.54, 1.807) is 48.5 Å². The third-order valence-electron chi connectivity index (χ3n) is 10.4. The largest absolute Gasteiger partial charge is 0.614 e. The molecule has 0 spiro atoms. The normalized spacial score (nSPS) is 17.6. The van der Waals surface area contributed by atoms with Crippen molar-refractivity contribution in [3.8, 4) is 0 Å². The van der Waals surface area contributed by atoms with Crippen molar-refractivity contribution in [2.45, 2.75) is 29.7 Å². The molecule has 2 unspecified atom stereocenters. The Hall–Kier alpha value is -6.39. The lowest BCUT2D eigenvalue weighted by Gasteiger charge is -2.49. The first-order valence-corrected chi connectivity index (χ1v) is 22.0. The maximum atomic E-state index is 14.1. The predicted octanol–water partition coefficient (Wildman–Crippen LogP) is 7.73. The lowest BCUT2D eigenvalue weighted by atomic mass is 9.77. The van der Waals surface area contributed by atoms with Crippen LogP contribution in [0.5, 0.6) is 0 Å². The number of ether oxygens (including phenoxy) is 1. The molecule has 0 bridgehead atoms. The number of halogens is 3. The Kier molecular flexibility index (Phi) is 12.8. The molecule has 314 valence electrons. The molecule has 1 saturated heterocycles. The quantitative estimate of drug-likeness (QED) is 0.0203. The summed E-state index contributed by atoms with van der Waals surface area (Å²) < 4.78 is 46.7. The Morgan fingerprint density at radius 3 is 1.84 bits per heavy atom. The molecule has 1 fully saturated rings. The van der Waals surface area contributed by atoms with Gasteiger partial charge in [-0.3, -0.25) is 14.5 Å². The van der Waals surface area contributed by atoms with E-state index in [1.807, 2.05) is 103 Å². The summed E-state index contributed by atoms with van der Waals surface area (Å²) in [5.74, 6) is -3.21. The van der Waals surface area contributed by atoms with Gasteiger partial charge in [-0.2, -0.15) is 8.78 Å².